The molecule has 1 aromatic heterocycles. The molecule has 1 heterocycles. The van der Waals surface area contributed by atoms with E-state index in [0.29, 0.717) is 11.4 Å². The zero-order chi connectivity index (χ0) is 12.3. The van der Waals surface area contributed by atoms with Crippen molar-refractivity contribution < 1.29 is 4.79 Å². The van der Waals surface area contributed by atoms with Crippen LogP contribution in [-0.2, 0) is 6.42 Å². The van der Waals surface area contributed by atoms with Crippen molar-refractivity contribution in [2.24, 2.45) is 0 Å². The summed E-state index contributed by atoms with van der Waals surface area (Å²) in [6.07, 6.45) is 3.51. The van der Waals surface area contributed by atoms with E-state index in [2.05, 4.69) is 27.6 Å². The predicted octanol–water partition coefficient (Wildman–Crippen LogP) is 3.77. The van der Waals surface area contributed by atoms with E-state index in [1.54, 1.807) is 18.5 Å². The quantitative estimate of drug-likeness (QED) is 0.618. The Labute approximate surface area is 118 Å². The van der Waals surface area contributed by atoms with E-state index in [0.717, 1.165) is 14.7 Å². The van der Waals surface area contributed by atoms with Gasteiger partial charge in [-0.3, -0.25) is 9.78 Å². The first-order chi connectivity index (χ1) is 8.18. The van der Waals surface area contributed by atoms with Crippen molar-refractivity contribution in [2.75, 3.05) is 0 Å². The summed E-state index contributed by atoms with van der Waals surface area (Å²) in [6, 6.07) is 9.30. The number of Topliss-reactive ketones (excluding diaryl/α,β-unsaturated/α-hetero) is 1. The van der Waals surface area contributed by atoms with E-state index in [4.69, 9.17) is 11.6 Å². The lowest BCUT2D eigenvalue weighted by Gasteiger charge is -2.04. The molecule has 86 valence electrons. The van der Waals surface area contributed by atoms with Crippen LogP contribution in [0.15, 0.2) is 42.7 Å². The second-order valence-corrected chi connectivity index (χ2v) is 5.12. The van der Waals surface area contributed by atoms with Crippen LogP contribution < -0.4 is 0 Å². The van der Waals surface area contributed by atoms with Crippen molar-refractivity contribution >= 4 is 40.0 Å². The first-order valence-electron chi connectivity index (χ1n) is 5.04. The molecule has 2 aromatic rings. The molecule has 1 aromatic carbocycles. The molecule has 0 saturated carbocycles. The number of aromatic nitrogens is 1. The third-order valence-electron chi connectivity index (χ3n) is 2.38. The van der Waals surface area contributed by atoms with Crippen molar-refractivity contribution in [3.8, 4) is 0 Å². The summed E-state index contributed by atoms with van der Waals surface area (Å²) in [5.41, 5.74) is 1.55. The summed E-state index contributed by atoms with van der Waals surface area (Å²) in [6.45, 7) is 0. The van der Waals surface area contributed by atoms with Crippen LogP contribution in [0.3, 0.4) is 0 Å². The third kappa shape index (κ3) is 3.04. The number of pyridine rings is 1. The second kappa shape index (κ2) is 5.60. The summed E-state index contributed by atoms with van der Waals surface area (Å²) < 4.78 is 0.959. The number of benzene rings is 1. The minimum Gasteiger partial charge on any atom is -0.294 e. The largest absolute Gasteiger partial charge is 0.294 e. The Hall–Kier alpha value is -0.940. The minimum absolute atomic E-state index is 0.0723. The maximum absolute atomic E-state index is 12.1. The van der Waals surface area contributed by atoms with E-state index < -0.39 is 0 Å². The monoisotopic (exact) mass is 357 g/mol. The molecule has 4 heteroatoms. The van der Waals surface area contributed by atoms with E-state index in [1.807, 2.05) is 24.3 Å². The minimum atomic E-state index is 0.0723. The molecule has 0 aliphatic heterocycles. The molecule has 2 nitrogen and oxygen atoms in total. The van der Waals surface area contributed by atoms with Crippen LogP contribution >= 0.6 is 34.2 Å². The number of hydrogen-bond donors (Lipinski definition) is 0. The van der Waals surface area contributed by atoms with Crippen molar-refractivity contribution in [1.29, 1.82) is 0 Å². The van der Waals surface area contributed by atoms with Gasteiger partial charge in [-0.2, -0.15) is 0 Å². The molecule has 0 atom stereocenters. The fourth-order valence-corrected chi connectivity index (χ4v) is 2.38. The normalized spacial score (nSPS) is 10.2. The molecule has 0 N–H and O–H groups in total. The average Bonchev–Trinajstić information content (AvgIpc) is 2.32. The molecule has 0 amide bonds. The van der Waals surface area contributed by atoms with Crippen molar-refractivity contribution in [2.45, 2.75) is 6.42 Å². The molecule has 0 unspecified atom stereocenters. The van der Waals surface area contributed by atoms with Crippen molar-refractivity contribution in [3.63, 3.8) is 0 Å². The molecule has 0 aliphatic carbocycles. The predicted molar refractivity (Wildman–Crippen MR) is 76.4 cm³/mol. The molecule has 0 fully saturated rings. The molecular weight excluding hydrogens is 349 g/mol. The van der Waals surface area contributed by atoms with Gasteiger partial charge in [0.1, 0.15) is 0 Å². The van der Waals surface area contributed by atoms with E-state index >= 15 is 0 Å². The summed E-state index contributed by atoms with van der Waals surface area (Å²) >= 11 is 8.14. The first-order valence-corrected chi connectivity index (χ1v) is 6.50. The van der Waals surface area contributed by atoms with Gasteiger partial charge in [-0.15, -0.1) is 0 Å². The van der Waals surface area contributed by atoms with Gasteiger partial charge in [-0.05, 0) is 40.3 Å². The van der Waals surface area contributed by atoms with E-state index in [-0.39, 0.29) is 5.78 Å². The zero-order valence-electron chi connectivity index (χ0n) is 8.86. The van der Waals surface area contributed by atoms with Gasteiger partial charge in [0.15, 0.2) is 5.78 Å². The van der Waals surface area contributed by atoms with Gasteiger partial charge in [-0.1, -0.05) is 29.8 Å². The Morgan fingerprint density at radius 3 is 2.76 bits per heavy atom. The summed E-state index contributed by atoms with van der Waals surface area (Å²) in [5, 5.41) is 0.534. The maximum atomic E-state index is 12.1. The Morgan fingerprint density at radius 1 is 1.29 bits per heavy atom. The summed E-state index contributed by atoms with van der Waals surface area (Å²) in [5.74, 6) is 0.0723. The number of hydrogen-bond acceptors (Lipinski definition) is 2. The fraction of sp³-hybridized carbons (Fsp3) is 0.0769. The van der Waals surface area contributed by atoms with Gasteiger partial charge in [0.25, 0.3) is 0 Å². The molecular formula is C13H9ClINO. The maximum Gasteiger partial charge on any atom is 0.168 e. The van der Waals surface area contributed by atoms with Crippen molar-refractivity contribution in [3.05, 3.63) is 62.4 Å². The van der Waals surface area contributed by atoms with Gasteiger partial charge in [0, 0.05) is 27.9 Å². The molecule has 0 bridgehead atoms. The fourth-order valence-electron chi connectivity index (χ4n) is 1.50. The molecule has 0 spiro atoms. The highest BCUT2D eigenvalue weighted by Gasteiger charge is 2.11. The molecule has 0 radical (unpaired) electrons. The number of nitrogens with zero attached hydrogens (tertiary/aromatic N) is 1. The Balaban J connectivity index is 2.24. The lowest BCUT2D eigenvalue weighted by Crippen LogP contribution is -2.06. The lowest BCUT2D eigenvalue weighted by molar-refractivity contribution is 0.0992. The van der Waals surface area contributed by atoms with Gasteiger partial charge in [-0.25, -0.2) is 0 Å². The lowest BCUT2D eigenvalue weighted by atomic mass is 10.0. The number of halogens is 2. The molecule has 0 aliphatic rings. The van der Waals surface area contributed by atoms with Gasteiger partial charge in [0.05, 0.1) is 5.02 Å². The van der Waals surface area contributed by atoms with Crippen LogP contribution in [0.2, 0.25) is 5.02 Å². The van der Waals surface area contributed by atoms with Crippen LogP contribution in [0, 0.1) is 3.57 Å². The van der Waals surface area contributed by atoms with Crippen LogP contribution in [0.5, 0.6) is 0 Å². The summed E-state index contributed by atoms with van der Waals surface area (Å²) in [7, 11) is 0. The van der Waals surface area contributed by atoms with Gasteiger partial charge >= 0.3 is 0 Å². The molecule has 2 rings (SSSR count). The van der Waals surface area contributed by atoms with Crippen LogP contribution in [-0.4, -0.2) is 10.8 Å². The van der Waals surface area contributed by atoms with Crippen LogP contribution in [0.4, 0.5) is 0 Å². The molecule has 0 saturated heterocycles. The standard InChI is InChI=1S/C13H9ClINO/c14-11-8-16-6-5-9(11)7-13(17)10-3-1-2-4-12(10)15/h1-6,8H,7H2. The Bertz CT molecular complexity index is 557. The van der Waals surface area contributed by atoms with Crippen LogP contribution in [0.1, 0.15) is 15.9 Å². The number of carbonyl (C=O) groups excluding carboxylic acids is 1. The highest BCUT2D eigenvalue weighted by molar-refractivity contribution is 14.1. The van der Waals surface area contributed by atoms with Crippen molar-refractivity contribution in [1.82, 2.24) is 4.98 Å². The topological polar surface area (TPSA) is 30.0 Å². The highest BCUT2D eigenvalue weighted by atomic mass is 127. The van der Waals surface area contributed by atoms with E-state index in [9.17, 15) is 4.79 Å². The smallest absolute Gasteiger partial charge is 0.168 e. The zero-order valence-corrected chi connectivity index (χ0v) is 11.8. The number of rotatable bonds is 3. The molecule has 17 heavy (non-hydrogen) atoms. The highest BCUT2D eigenvalue weighted by Crippen LogP contribution is 2.18. The third-order valence-corrected chi connectivity index (χ3v) is 3.66. The number of carbonyl (C=O) groups is 1. The Kier molecular flexibility index (Phi) is 4.12. The Morgan fingerprint density at radius 2 is 2.06 bits per heavy atom. The number of ketones is 1. The second-order valence-electron chi connectivity index (χ2n) is 3.55. The van der Waals surface area contributed by atoms with Gasteiger partial charge in [0.2, 0.25) is 0 Å². The SMILES string of the molecule is O=C(Cc1ccncc1Cl)c1ccccc1I. The van der Waals surface area contributed by atoms with E-state index in [1.165, 1.54) is 0 Å². The first kappa shape index (κ1) is 12.5. The van der Waals surface area contributed by atoms with Crippen LogP contribution in [0.25, 0.3) is 0 Å². The average molecular weight is 358 g/mol. The summed E-state index contributed by atoms with van der Waals surface area (Å²) in [4.78, 5) is 16.0. The van der Waals surface area contributed by atoms with Gasteiger partial charge < -0.3 is 0 Å².